The van der Waals surface area contributed by atoms with Gasteiger partial charge in [0.05, 0.1) is 18.1 Å². The average molecular weight is 373 g/mol. The largest absolute Gasteiger partial charge is 0.450 e. The number of ether oxygens (including phenoxy) is 1. The maximum Gasteiger partial charge on any atom is 0.409 e. The monoisotopic (exact) mass is 373 g/mol. The van der Waals surface area contributed by atoms with Gasteiger partial charge in [-0.1, -0.05) is 12.1 Å². The van der Waals surface area contributed by atoms with Crippen LogP contribution in [0.25, 0.3) is 0 Å². The molecule has 1 saturated carbocycles. The van der Waals surface area contributed by atoms with Crippen molar-refractivity contribution in [3.8, 4) is 6.07 Å². The van der Waals surface area contributed by atoms with Crippen LogP contribution in [-0.2, 0) is 10.2 Å². The molecular formula is C21H28FN3O2. The molecule has 0 atom stereocenters. The zero-order chi connectivity index (χ0) is 19.3. The van der Waals surface area contributed by atoms with Gasteiger partial charge in [0, 0.05) is 32.2 Å². The van der Waals surface area contributed by atoms with Crippen LogP contribution in [0.3, 0.4) is 0 Å². The Bertz CT molecular complexity index is 678. The summed E-state index contributed by atoms with van der Waals surface area (Å²) >= 11 is 0. The molecule has 1 aromatic rings. The van der Waals surface area contributed by atoms with Crippen LogP contribution in [0.5, 0.6) is 0 Å². The van der Waals surface area contributed by atoms with Gasteiger partial charge in [-0.05, 0) is 56.7 Å². The molecule has 3 rings (SSSR count). The van der Waals surface area contributed by atoms with Crippen LogP contribution in [0.1, 0.15) is 44.6 Å². The Morgan fingerprint density at radius 3 is 2.56 bits per heavy atom. The number of rotatable bonds is 3. The highest BCUT2D eigenvalue weighted by Crippen LogP contribution is 2.40. The summed E-state index contributed by atoms with van der Waals surface area (Å²) in [5.74, 6) is -0.267. The second kappa shape index (κ2) is 8.71. The summed E-state index contributed by atoms with van der Waals surface area (Å²) < 4.78 is 18.4. The van der Waals surface area contributed by atoms with E-state index in [0.29, 0.717) is 19.2 Å². The quantitative estimate of drug-likeness (QED) is 0.811. The third-order valence-electron chi connectivity index (χ3n) is 5.99. The molecule has 5 nitrogen and oxygen atoms in total. The average Bonchev–Trinajstić information content (AvgIpc) is 2.95. The molecule has 0 unspecified atom stereocenters. The van der Waals surface area contributed by atoms with Crippen molar-refractivity contribution in [2.75, 3.05) is 32.8 Å². The number of carbonyl (C=O) groups is 1. The molecule has 1 aliphatic heterocycles. The number of nitrogens with zero attached hydrogens (tertiary/aromatic N) is 3. The van der Waals surface area contributed by atoms with Gasteiger partial charge < -0.3 is 9.64 Å². The molecule has 2 aliphatic rings. The van der Waals surface area contributed by atoms with Gasteiger partial charge in [0.25, 0.3) is 0 Å². The van der Waals surface area contributed by atoms with Crippen molar-refractivity contribution in [3.05, 3.63) is 35.6 Å². The molecule has 1 saturated heterocycles. The normalized spacial score (nSPS) is 26.9. The summed E-state index contributed by atoms with van der Waals surface area (Å²) in [4.78, 5) is 16.2. The fourth-order valence-corrected chi connectivity index (χ4v) is 4.39. The minimum absolute atomic E-state index is 0.220. The lowest BCUT2D eigenvalue weighted by Gasteiger charge is -2.40. The first kappa shape index (κ1) is 19.6. The van der Waals surface area contributed by atoms with E-state index in [-0.39, 0.29) is 11.9 Å². The molecule has 0 radical (unpaired) electrons. The van der Waals surface area contributed by atoms with E-state index < -0.39 is 5.41 Å². The second-order valence-electron chi connectivity index (χ2n) is 7.51. The van der Waals surface area contributed by atoms with Crippen molar-refractivity contribution in [2.45, 2.75) is 50.5 Å². The first-order chi connectivity index (χ1) is 13.1. The van der Waals surface area contributed by atoms with Crippen molar-refractivity contribution < 1.29 is 13.9 Å². The summed E-state index contributed by atoms with van der Waals surface area (Å²) in [6.45, 7) is 5.47. The third-order valence-corrected chi connectivity index (χ3v) is 5.99. The fourth-order valence-electron chi connectivity index (χ4n) is 4.39. The smallest absolute Gasteiger partial charge is 0.409 e. The second-order valence-corrected chi connectivity index (χ2v) is 7.51. The first-order valence-corrected chi connectivity index (χ1v) is 9.91. The molecule has 6 heteroatoms. The molecule has 1 aromatic carbocycles. The third kappa shape index (κ3) is 4.41. The number of hydrogen-bond acceptors (Lipinski definition) is 4. The van der Waals surface area contributed by atoms with E-state index >= 15 is 0 Å². The van der Waals surface area contributed by atoms with Crippen LogP contribution in [-0.4, -0.2) is 54.7 Å². The van der Waals surface area contributed by atoms with Crippen molar-refractivity contribution in [1.29, 1.82) is 5.26 Å². The zero-order valence-electron chi connectivity index (χ0n) is 16.0. The van der Waals surface area contributed by atoms with E-state index in [1.54, 1.807) is 17.0 Å². The standard InChI is InChI=1S/C21H28FN3O2/c1-2-27-20(26)25-13-3-12-24(14-15-25)19-8-10-21(16-23,11-9-19)17-4-6-18(22)7-5-17/h4-7,19H,2-3,8-15H2,1H3. The predicted octanol–water partition coefficient (Wildman–Crippen LogP) is 3.69. The molecule has 0 bridgehead atoms. The van der Waals surface area contributed by atoms with Crippen LogP contribution in [0, 0.1) is 17.1 Å². The molecule has 2 fully saturated rings. The zero-order valence-corrected chi connectivity index (χ0v) is 16.0. The Balaban J connectivity index is 1.59. The van der Waals surface area contributed by atoms with E-state index in [2.05, 4.69) is 11.0 Å². The lowest BCUT2D eigenvalue weighted by atomic mass is 9.69. The fraction of sp³-hybridized carbons (Fsp3) is 0.619. The summed E-state index contributed by atoms with van der Waals surface area (Å²) in [5, 5.41) is 9.84. The van der Waals surface area contributed by atoms with Gasteiger partial charge in [-0.25, -0.2) is 9.18 Å². The van der Waals surface area contributed by atoms with E-state index in [1.807, 2.05) is 6.92 Å². The van der Waals surface area contributed by atoms with Crippen molar-refractivity contribution in [1.82, 2.24) is 9.80 Å². The number of amides is 1. The SMILES string of the molecule is CCOC(=O)N1CCCN(C2CCC(C#N)(c3ccc(F)cc3)CC2)CC1. The molecule has 1 amide bonds. The summed E-state index contributed by atoms with van der Waals surface area (Å²) in [6.07, 6.45) is 4.20. The van der Waals surface area contributed by atoms with Gasteiger partial charge >= 0.3 is 6.09 Å². The Morgan fingerprint density at radius 2 is 1.93 bits per heavy atom. The molecule has 27 heavy (non-hydrogen) atoms. The number of halogens is 1. The van der Waals surface area contributed by atoms with E-state index in [4.69, 9.17) is 4.74 Å². The van der Waals surface area contributed by atoms with Gasteiger partial charge in [-0.2, -0.15) is 5.26 Å². The van der Waals surface area contributed by atoms with Gasteiger partial charge in [0.1, 0.15) is 5.82 Å². The van der Waals surface area contributed by atoms with E-state index in [1.165, 1.54) is 12.1 Å². The highest BCUT2D eigenvalue weighted by Gasteiger charge is 2.39. The molecule has 1 heterocycles. The van der Waals surface area contributed by atoms with Crippen molar-refractivity contribution in [2.24, 2.45) is 0 Å². The predicted molar refractivity (Wildman–Crippen MR) is 101 cm³/mol. The Kier molecular flexibility index (Phi) is 6.33. The lowest BCUT2D eigenvalue weighted by molar-refractivity contribution is 0.104. The van der Waals surface area contributed by atoms with Gasteiger partial charge in [-0.15, -0.1) is 0 Å². The minimum Gasteiger partial charge on any atom is -0.450 e. The molecule has 0 spiro atoms. The van der Waals surface area contributed by atoms with Gasteiger partial charge in [0.15, 0.2) is 0 Å². The van der Waals surface area contributed by atoms with Crippen LogP contribution < -0.4 is 0 Å². The topological polar surface area (TPSA) is 56.6 Å². The maximum absolute atomic E-state index is 13.2. The van der Waals surface area contributed by atoms with Crippen LogP contribution in [0.2, 0.25) is 0 Å². The van der Waals surface area contributed by atoms with Gasteiger partial charge in [0.2, 0.25) is 0 Å². The highest BCUT2D eigenvalue weighted by atomic mass is 19.1. The van der Waals surface area contributed by atoms with Crippen LogP contribution in [0.15, 0.2) is 24.3 Å². The molecule has 0 N–H and O–H groups in total. The molecule has 146 valence electrons. The van der Waals surface area contributed by atoms with E-state index in [9.17, 15) is 14.4 Å². The summed E-state index contributed by atoms with van der Waals surface area (Å²) in [7, 11) is 0. The van der Waals surface area contributed by atoms with Gasteiger partial charge in [-0.3, -0.25) is 4.90 Å². The minimum atomic E-state index is -0.507. The number of carbonyl (C=O) groups excluding carboxylic acids is 1. The number of hydrogen-bond donors (Lipinski definition) is 0. The number of benzene rings is 1. The van der Waals surface area contributed by atoms with Crippen LogP contribution >= 0.6 is 0 Å². The van der Waals surface area contributed by atoms with Crippen LogP contribution in [0.4, 0.5) is 9.18 Å². The molecule has 1 aliphatic carbocycles. The first-order valence-electron chi connectivity index (χ1n) is 9.91. The molecule has 0 aromatic heterocycles. The Labute approximate surface area is 160 Å². The number of nitriles is 1. The Morgan fingerprint density at radius 1 is 1.22 bits per heavy atom. The summed E-state index contributed by atoms with van der Waals surface area (Å²) in [6, 6.07) is 9.35. The maximum atomic E-state index is 13.2. The highest BCUT2D eigenvalue weighted by molar-refractivity contribution is 5.67. The van der Waals surface area contributed by atoms with Crippen molar-refractivity contribution in [3.63, 3.8) is 0 Å². The lowest BCUT2D eigenvalue weighted by Crippen LogP contribution is -2.44. The Hall–Kier alpha value is -2.13. The van der Waals surface area contributed by atoms with Crippen molar-refractivity contribution >= 4 is 6.09 Å². The summed E-state index contributed by atoms with van der Waals surface area (Å²) in [5.41, 5.74) is 0.418. The van der Waals surface area contributed by atoms with E-state index in [0.717, 1.165) is 57.3 Å². The molecular weight excluding hydrogens is 345 g/mol.